The van der Waals surface area contributed by atoms with Crippen LogP contribution in [0.25, 0.3) is 16.8 Å². The lowest BCUT2D eigenvalue weighted by Crippen LogP contribution is -2.52. The Labute approximate surface area is 191 Å². The Balaban J connectivity index is 1.33. The molecular formula is C25H25N5O3. The maximum atomic E-state index is 13.0. The predicted octanol–water partition coefficient (Wildman–Crippen LogP) is 2.36. The maximum absolute atomic E-state index is 13.0. The average Bonchev–Trinajstić information content (AvgIpc) is 3.54. The van der Waals surface area contributed by atoms with E-state index in [2.05, 4.69) is 31.7 Å². The van der Waals surface area contributed by atoms with Crippen molar-refractivity contribution >= 4 is 23.2 Å². The zero-order valence-electron chi connectivity index (χ0n) is 18.3. The average molecular weight is 444 g/mol. The van der Waals surface area contributed by atoms with E-state index in [4.69, 9.17) is 0 Å². The molecule has 3 amide bonds. The maximum Gasteiger partial charge on any atom is 0.255 e. The summed E-state index contributed by atoms with van der Waals surface area (Å²) in [6.07, 6.45) is 6.82. The molecule has 2 fully saturated rings. The van der Waals surface area contributed by atoms with Crippen LogP contribution in [-0.2, 0) is 22.7 Å². The third-order valence-corrected chi connectivity index (χ3v) is 7.01. The van der Waals surface area contributed by atoms with Crippen molar-refractivity contribution in [3.8, 4) is 11.3 Å². The van der Waals surface area contributed by atoms with Gasteiger partial charge in [0.05, 0.1) is 23.7 Å². The Morgan fingerprint density at radius 2 is 1.91 bits per heavy atom. The number of nitrogens with zero attached hydrogens (tertiary/aromatic N) is 4. The third kappa shape index (κ3) is 3.51. The fraction of sp³-hybridized carbons (Fsp3) is 0.360. The van der Waals surface area contributed by atoms with Crippen molar-refractivity contribution in [1.82, 2.24) is 24.5 Å². The molecule has 33 heavy (non-hydrogen) atoms. The molecule has 1 aromatic carbocycles. The second-order valence-corrected chi connectivity index (χ2v) is 9.19. The van der Waals surface area contributed by atoms with E-state index < -0.39 is 6.04 Å². The van der Waals surface area contributed by atoms with Crippen molar-refractivity contribution in [2.24, 2.45) is 0 Å². The topological polar surface area (TPSA) is 87.0 Å². The van der Waals surface area contributed by atoms with E-state index in [-0.39, 0.29) is 24.1 Å². The first-order valence-corrected chi connectivity index (χ1v) is 11.5. The Kier molecular flexibility index (Phi) is 4.76. The van der Waals surface area contributed by atoms with E-state index in [9.17, 15) is 14.4 Å². The Bertz CT molecular complexity index is 1290. The molecule has 3 aromatic rings. The minimum atomic E-state index is -0.602. The molecule has 168 valence electrons. The van der Waals surface area contributed by atoms with Crippen molar-refractivity contribution in [2.75, 3.05) is 13.1 Å². The number of carbonyl (C=O) groups excluding carboxylic acids is 3. The quantitative estimate of drug-likeness (QED) is 0.626. The van der Waals surface area contributed by atoms with Gasteiger partial charge in [-0.15, -0.1) is 0 Å². The number of aromatic nitrogens is 2. The molecule has 0 bridgehead atoms. The summed E-state index contributed by atoms with van der Waals surface area (Å²) in [4.78, 5) is 45.3. The van der Waals surface area contributed by atoms with Gasteiger partial charge >= 0.3 is 0 Å². The normalized spacial score (nSPS) is 21.2. The summed E-state index contributed by atoms with van der Waals surface area (Å²) < 4.78 is 2.07. The van der Waals surface area contributed by atoms with Gasteiger partial charge in [-0.1, -0.05) is 6.07 Å². The molecule has 1 N–H and O–H groups in total. The van der Waals surface area contributed by atoms with Gasteiger partial charge in [0.2, 0.25) is 11.8 Å². The molecular weight excluding hydrogens is 418 g/mol. The van der Waals surface area contributed by atoms with E-state index in [1.165, 1.54) is 18.4 Å². The van der Waals surface area contributed by atoms with Gasteiger partial charge in [0.15, 0.2) is 0 Å². The molecule has 0 aliphatic carbocycles. The monoisotopic (exact) mass is 443 g/mol. The molecule has 6 rings (SSSR count). The lowest BCUT2D eigenvalue weighted by atomic mass is 10.0. The Morgan fingerprint density at radius 3 is 2.73 bits per heavy atom. The summed E-state index contributed by atoms with van der Waals surface area (Å²) in [5, 5.41) is 2.36. The van der Waals surface area contributed by atoms with Crippen LogP contribution >= 0.6 is 0 Å². The standard InChI is InChI=1S/C25H25N5O3/c31-23-6-5-21(24(32)27-23)29-14-18-11-17(3-4-20(18)25(29)33)22-10-16(13-28-7-1-2-8-28)9-19-12-26-15-30(19)22/h3-4,9-12,15,21H,1-2,5-8,13-14H2,(H,27,31,32). The van der Waals surface area contributed by atoms with E-state index in [0.29, 0.717) is 18.5 Å². The molecule has 3 aliphatic heterocycles. The fourth-order valence-electron chi connectivity index (χ4n) is 5.34. The summed E-state index contributed by atoms with van der Waals surface area (Å²) >= 11 is 0. The fourth-order valence-corrected chi connectivity index (χ4v) is 5.34. The van der Waals surface area contributed by atoms with Crippen LogP contribution in [-0.4, -0.2) is 56.0 Å². The highest BCUT2D eigenvalue weighted by Gasteiger charge is 2.39. The molecule has 1 atom stereocenters. The van der Waals surface area contributed by atoms with Gasteiger partial charge in [-0.3, -0.25) is 29.0 Å². The first-order chi connectivity index (χ1) is 16.1. The molecule has 2 saturated heterocycles. The van der Waals surface area contributed by atoms with Crippen LogP contribution in [0.5, 0.6) is 0 Å². The van der Waals surface area contributed by atoms with Crippen LogP contribution in [0.3, 0.4) is 0 Å². The largest absolute Gasteiger partial charge is 0.322 e. The van der Waals surface area contributed by atoms with Crippen molar-refractivity contribution in [3.05, 3.63) is 59.5 Å². The number of hydrogen-bond donors (Lipinski definition) is 1. The van der Waals surface area contributed by atoms with Crippen LogP contribution in [0.2, 0.25) is 0 Å². The number of likely N-dealkylation sites (tertiary alicyclic amines) is 1. The Morgan fingerprint density at radius 1 is 1.06 bits per heavy atom. The number of rotatable bonds is 4. The molecule has 3 aliphatic rings. The van der Waals surface area contributed by atoms with Crippen LogP contribution in [0.1, 0.15) is 47.2 Å². The summed E-state index contributed by atoms with van der Waals surface area (Å²) in [6, 6.07) is 9.68. The number of piperidine rings is 1. The van der Waals surface area contributed by atoms with E-state index in [1.54, 1.807) is 4.90 Å². The number of nitrogens with one attached hydrogen (secondary N) is 1. The second-order valence-electron chi connectivity index (χ2n) is 9.19. The van der Waals surface area contributed by atoms with Gasteiger partial charge in [-0.05, 0) is 73.3 Å². The summed E-state index contributed by atoms with van der Waals surface area (Å²) in [6.45, 7) is 3.56. The Hall–Kier alpha value is -3.52. The van der Waals surface area contributed by atoms with Gasteiger partial charge in [0, 0.05) is 25.1 Å². The number of pyridine rings is 1. The lowest BCUT2D eigenvalue weighted by molar-refractivity contribution is -0.136. The number of carbonyl (C=O) groups is 3. The number of amides is 3. The van der Waals surface area contributed by atoms with Crippen molar-refractivity contribution in [1.29, 1.82) is 0 Å². The van der Waals surface area contributed by atoms with Crippen molar-refractivity contribution in [3.63, 3.8) is 0 Å². The van der Waals surface area contributed by atoms with Gasteiger partial charge in [-0.2, -0.15) is 0 Å². The molecule has 8 heteroatoms. The van der Waals surface area contributed by atoms with E-state index in [0.717, 1.165) is 42.0 Å². The first kappa shape index (κ1) is 20.1. The van der Waals surface area contributed by atoms with Gasteiger partial charge in [0.25, 0.3) is 5.91 Å². The zero-order chi connectivity index (χ0) is 22.5. The number of imidazole rings is 1. The first-order valence-electron chi connectivity index (χ1n) is 11.5. The van der Waals surface area contributed by atoms with E-state index in [1.807, 2.05) is 30.7 Å². The molecule has 0 saturated carbocycles. The lowest BCUT2D eigenvalue weighted by Gasteiger charge is -2.29. The molecule has 5 heterocycles. The minimum Gasteiger partial charge on any atom is -0.322 e. The van der Waals surface area contributed by atoms with Crippen LogP contribution < -0.4 is 5.32 Å². The zero-order valence-corrected chi connectivity index (χ0v) is 18.3. The molecule has 2 aromatic heterocycles. The van der Waals surface area contributed by atoms with Crippen molar-refractivity contribution < 1.29 is 14.4 Å². The van der Waals surface area contributed by atoms with Gasteiger partial charge < -0.3 is 4.90 Å². The molecule has 0 radical (unpaired) electrons. The third-order valence-electron chi connectivity index (χ3n) is 7.01. The molecule has 0 spiro atoms. The summed E-state index contributed by atoms with van der Waals surface area (Å²) in [7, 11) is 0. The van der Waals surface area contributed by atoms with Crippen LogP contribution in [0, 0.1) is 0 Å². The SMILES string of the molecule is O=C1CCC(N2Cc3cc(-c4cc(CN5CCCC5)cc5cncn45)ccc3C2=O)C(=O)N1. The molecule has 8 nitrogen and oxygen atoms in total. The van der Waals surface area contributed by atoms with Gasteiger partial charge in [0.1, 0.15) is 6.04 Å². The highest BCUT2D eigenvalue weighted by Crippen LogP contribution is 2.32. The van der Waals surface area contributed by atoms with E-state index >= 15 is 0 Å². The highest BCUT2D eigenvalue weighted by molar-refractivity contribution is 6.05. The number of hydrogen-bond acceptors (Lipinski definition) is 5. The van der Waals surface area contributed by atoms with Crippen molar-refractivity contribution in [2.45, 2.75) is 44.8 Å². The molecule has 1 unspecified atom stereocenters. The van der Waals surface area contributed by atoms with Crippen LogP contribution in [0.15, 0.2) is 42.9 Å². The van der Waals surface area contributed by atoms with Crippen LogP contribution in [0.4, 0.5) is 0 Å². The number of fused-ring (bicyclic) bond motifs is 2. The summed E-state index contributed by atoms with van der Waals surface area (Å²) in [5.74, 6) is -0.815. The highest BCUT2D eigenvalue weighted by atomic mass is 16.2. The number of benzene rings is 1. The predicted molar refractivity (Wildman–Crippen MR) is 121 cm³/mol. The van der Waals surface area contributed by atoms with Gasteiger partial charge in [-0.25, -0.2) is 4.98 Å². The summed E-state index contributed by atoms with van der Waals surface area (Å²) in [5.41, 5.74) is 5.87. The minimum absolute atomic E-state index is 0.151. The second kappa shape index (κ2) is 7.81. The smallest absolute Gasteiger partial charge is 0.255 e. The number of imide groups is 1.